The molecule has 1 aliphatic carbocycles. The predicted octanol–water partition coefficient (Wildman–Crippen LogP) is 5.13. The first-order valence-electron chi connectivity index (χ1n) is 10.5. The lowest BCUT2D eigenvalue weighted by Gasteiger charge is -2.13. The quantitative estimate of drug-likeness (QED) is 0.269. The number of rotatable bonds is 6. The minimum atomic E-state index is 0.0453. The van der Waals surface area contributed by atoms with Crippen LogP contribution in [0.5, 0.6) is 0 Å². The number of thioether (sulfide) groups is 1. The Hall–Kier alpha value is -2.86. The Labute approximate surface area is 179 Å². The number of allylic oxidation sites excluding steroid dienone is 1. The molecule has 0 saturated carbocycles. The molecule has 0 spiro atoms. The molecule has 1 N–H and O–H groups in total. The minimum Gasteiger partial charge on any atom is -0.355 e. The minimum absolute atomic E-state index is 0.0453. The Kier molecular flexibility index (Phi) is 5.41. The summed E-state index contributed by atoms with van der Waals surface area (Å²) in [6.07, 6.45) is 8.23. The van der Waals surface area contributed by atoms with Crippen molar-refractivity contribution in [3.63, 3.8) is 0 Å². The van der Waals surface area contributed by atoms with E-state index in [1.54, 1.807) is 0 Å². The van der Waals surface area contributed by atoms with E-state index < -0.39 is 0 Å². The fourth-order valence-corrected chi connectivity index (χ4v) is 4.92. The molecule has 6 heteroatoms. The fraction of sp³-hybridized carbons (Fsp3) is 0.292. The molecular formula is C24H24N4OS. The third-order valence-corrected chi connectivity index (χ3v) is 6.54. The number of fused-ring (bicyclic) bond motifs is 5. The highest BCUT2D eigenvalue weighted by molar-refractivity contribution is 7.99. The molecule has 0 bridgehead atoms. The summed E-state index contributed by atoms with van der Waals surface area (Å²) in [5.41, 5.74) is 5.21. The van der Waals surface area contributed by atoms with E-state index in [1.165, 1.54) is 43.0 Å². The first-order chi connectivity index (χ1) is 14.8. The molecule has 1 aliphatic rings. The van der Waals surface area contributed by atoms with Crippen LogP contribution in [-0.4, -0.2) is 32.6 Å². The lowest BCUT2D eigenvalue weighted by Crippen LogP contribution is -2.26. The van der Waals surface area contributed by atoms with Gasteiger partial charge in [-0.1, -0.05) is 47.7 Å². The Morgan fingerprint density at radius 3 is 2.73 bits per heavy atom. The van der Waals surface area contributed by atoms with Crippen LogP contribution in [0.2, 0.25) is 0 Å². The molecule has 0 fully saturated rings. The SMILES string of the molecule is O=C(CSc1nc2ccccc2c2nc3ccccc3n12)NCCC1=CCCCC1. The molecule has 1 amide bonds. The molecule has 0 atom stereocenters. The summed E-state index contributed by atoms with van der Waals surface area (Å²) in [7, 11) is 0. The Balaban J connectivity index is 1.37. The molecule has 30 heavy (non-hydrogen) atoms. The summed E-state index contributed by atoms with van der Waals surface area (Å²) >= 11 is 1.46. The smallest absolute Gasteiger partial charge is 0.230 e. The van der Waals surface area contributed by atoms with Crippen molar-refractivity contribution in [1.82, 2.24) is 19.7 Å². The number of hydrogen-bond donors (Lipinski definition) is 1. The molecule has 0 saturated heterocycles. The molecule has 0 aliphatic heterocycles. The second-order valence-corrected chi connectivity index (χ2v) is 8.61. The van der Waals surface area contributed by atoms with Crippen LogP contribution in [0.3, 0.4) is 0 Å². The number of amides is 1. The van der Waals surface area contributed by atoms with E-state index in [4.69, 9.17) is 9.97 Å². The van der Waals surface area contributed by atoms with E-state index in [9.17, 15) is 4.79 Å². The van der Waals surface area contributed by atoms with Gasteiger partial charge in [0.2, 0.25) is 5.91 Å². The summed E-state index contributed by atoms with van der Waals surface area (Å²) in [6, 6.07) is 16.1. The van der Waals surface area contributed by atoms with Crippen molar-refractivity contribution >= 4 is 45.3 Å². The van der Waals surface area contributed by atoms with Gasteiger partial charge >= 0.3 is 0 Å². The second-order valence-electron chi connectivity index (χ2n) is 7.67. The molecule has 2 heterocycles. The van der Waals surface area contributed by atoms with Gasteiger partial charge in [-0.05, 0) is 56.4 Å². The average molecular weight is 417 g/mol. The van der Waals surface area contributed by atoms with Gasteiger partial charge in [0.05, 0.1) is 22.3 Å². The number of nitrogens with zero attached hydrogens (tertiary/aromatic N) is 3. The standard InChI is InChI=1S/C24H24N4OS/c29-22(25-15-14-17-8-2-1-3-9-17)16-30-24-27-19-11-5-4-10-18(19)23-26-20-12-6-7-13-21(20)28(23)24/h4-8,10-13H,1-3,9,14-16H2,(H,25,29). The predicted molar refractivity (Wildman–Crippen MR) is 123 cm³/mol. The van der Waals surface area contributed by atoms with Crippen molar-refractivity contribution in [3.05, 3.63) is 60.2 Å². The summed E-state index contributed by atoms with van der Waals surface area (Å²) in [5.74, 6) is 0.385. The summed E-state index contributed by atoms with van der Waals surface area (Å²) < 4.78 is 2.07. The normalized spacial score (nSPS) is 14.3. The van der Waals surface area contributed by atoms with Crippen molar-refractivity contribution in [2.75, 3.05) is 12.3 Å². The summed E-state index contributed by atoms with van der Waals surface area (Å²) in [4.78, 5) is 22.1. The summed E-state index contributed by atoms with van der Waals surface area (Å²) in [6.45, 7) is 0.708. The lowest BCUT2D eigenvalue weighted by atomic mass is 9.97. The van der Waals surface area contributed by atoms with Crippen LogP contribution in [0.25, 0.3) is 27.6 Å². The van der Waals surface area contributed by atoms with E-state index in [0.29, 0.717) is 12.3 Å². The number of imidazole rings is 1. The molecular weight excluding hydrogens is 392 g/mol. The Morgan fingerprint density at radius 2 is 1.87 bits per heavy atom. The van der Waals surface area contributed by atoms with Crippen LogP contribution in [-0.2, 0) is 4.79 Å². The van der Waals surface area contributed by atoms with Gasteiger partial charge in [-0.2, -0.15) is 0 Å². The largest absolute Gasteiger partial charge is 0.355 e. The number of carbonyl (C=O) groups is 1. The monoisotopic (exact) mass is 416 g/mol. The van der Waals surface area contributed by atoms with E-state index in [2.05, 4.69) is 15.8 Å². The summed E-state index contributed by atoms with van der Waals surface area (Å²) in [5, 5.41) is 4.87. The molecule has 0 radical (unpaired) electrons. The maximum atomic E-state index is 12.5. The van der Waals surface area contributed by atoms with Crippen LogP contribution >= 0.6 is 11.8 Å². The van der Waals surface area contributed by atoms with Crippen LogP contribution < -0.4 is 5.32 Å². The lowest BCUT2D eigenvalue weighted by molar-refractivity contribution is -0.118. The Morgan fingerprint density at radius 1 is 1.03 bits per heavy atom. The number of carbonyl (C=O) groups excluding carboxylic acids is 1. The fourth-order valence-electron chi connectivity index (χ4n) is 4.09. The van der Waals surface area contributed by atoms with E-state index in [1.807, 2.05) is 48.5 Å². The number of para-hydroxylation sites is 3. The van der Waals surface area contributed by atoms with Crippen LogP contribution in [0.15, 0.2) is 65.3 Å². The molecule has 2 aromatic heterocycles. The second kappa shape index (κ2) is 8.48. The van der Waals surface area contributed by atoms with Crippen LogP contribution in [0, 0.1) is 0 Å². The van der Waals surface area contributed by atoms with Crippen molar-refractivity contribution < 1.29 is 4.79 Å². The van der Waals surface area contributed by atoms with Gasteiger partial charge in [-0.3, -0.25) is 9.20 Å². The zero-order chi connectivity index (χ0) is 20.3. The number of benzene rings is 2. The third kappa shape index (κ3) is 3.79. The molecule has 2 aromatic carbocycles. The maximum Gasteiger partial charge on any atom is 0.230 e. The van der Waals surface area contributed by atoms with Crippen molar-refractivity contribution in [1.29, 1.82) is 0 Å². The van der Waals surface area contributed by atoms with Crippen molar-refractivity contribution in [2.45, 2.75) is 37.3 Å². The molecule has 4 aromatic rings. The first-order valence-corrected chi connectivity index (χ1v) is 11.5. The highest BCUT2D eigenvalue weighted by Crippen LogP contribution is 2.28. The molecule has 5 rings (SSSR count). The molecule has 5 nitrogen and oxygen atoms in total. The van der Waals surface area contributed by atoms with Gasteiger partial charge in [0.25, 0.3) is 0 Å². The van der Waals surface area contributed by atoms with E-state index in [-0.39, 0.29) is 5.91 Å². The molecule has 0 unspecified atom stereocenters. The van der Waals surface area contributed by atoms with Gasteiger partial charge in [-0.15, -0.1) is 0 Å². The number of nitrogens with one attached hydrogen (secondary N) is 1. The maximum absolute atomic E-state index is 12.5. The van der Waals surface area contributed by atoms with Gasteiger partial charge in [0.1, 0.15) is 5.65 Å². The van der Waals surface area contributed by atoms with Crippen molar-refractivity contribution in [2.24, 2.45) is 0 Å². The zero-order valence-corrected chi connectivity index (χ0v) is 17.6. The van der Waals surface area contributed by atoms with Gasteiger partial charge in [0.15, 0.2) is 5.16 Å². The highest BCUT2D eigenvalue weighted by Gasteiger charge is 2.15. The van der Waals surface area contributed by atoms with Crippen LogP contribution in [0.4, 0.5) is 0 Å². The first kappa shape index (κ1) is 19.1. The van der Waals surface area contributed by atoms with Gasteiger partial charge in [0, 0.05) is 11.9 Å². The number of aromatic nitrogens is 3. The van der Waals surface area contributed by atoms with Crippen molar-refractivity contribution in [3.8, 4) is 0 Å². The van der Waals surface area contributed by atoms with Gasteiger partial charge in [-0.25, -0.2) is 9.97 Å². The topological polar surface area (TPSA) is 59.3 Å². The highest BCUT2D eigenvalue weighted by atomic mass is 32.2. The number of hydrogen-bond acceptors (Lipinski definition) is 4. The average Bonchev–Trinajstić information content (AvgIpc) is 3.18. The van der Waals surface area contributed by atoms with E-state index in [0.717, 1.165) is 39.2 Å². The van der Waals surface area contributed by atoms with Crippen LogP contribution in [0.1, 0.15) is 32.1 Å². The zero-order valence-electron chi connectivity index (χ0n) is 16.8. The molecule has 152 valence electrons. The Bertz CT molecular complexity index is 1260. The van der Waals surface area contributed by atoms with E-state index >= 15 is 0 Å². The third-order valence-electron chi connectivity index (χ3n) is 5.60. The van der Waals surface area contributed by atoms with Gasteiger partial charge < -0.3 is 5.32 Å².